The first-order valence-corrected chi connectivity index (χ1v) is 9.08. The van der Waals surface area contributed by atoms with E-state index < -0.39 is 17.3 Å². The van der Waals surface area contributed by atoms with Gasteiger partial charge in [0.25, 0.3) is 0 Å². The lowest BCUT2D eigenvalue weighted by atomic mass is 10.0. The second-order valence-electron chi connectivity index (χ2n) is 7.09. The van der Waals surface area contributed by atoms with Crippen LogP contribution in [0.1, 0.15) is 36.5 Å². The Morgan fingerprint density at radius 2 is 1.76 bits per heavy atom. The van der Waals surface area contributed by atoms with Gasteiger partial charge in [0, 0.05) is 5.69 Å². The zero-order valence-corrected chi connectivity index (χ0v) is 15.7. The number of nitrogens with one attached hydrogen (secondary N) is 1. The highest BCUT2D eigenvalue weighted by atomic mass is 19.4. The van der Waals surface area contributed by atoms with Gasteiger partial charge in [0.1, 0.15) is 17.5 Å². The summed E-state index contributed by atoms with van der Waals surface area (Å²) < 4.78 is 42.5. The number of pyridine rings is 1. The molecule has 0 saturated carbocycles. The van der Waals surface area contributed by atoms with Crippen LogP contribution in [0.4, 0.5) is 24.7 Å². The molecule has 1 N–H and O–H groups in total. The van der Waals surface area contributed by atoms with Crippen molar-refractivity contribution in [1.29, 1.82) is 5.26 Å². The van der Waals surface area contributed by atoms with E-state index >= 15 is 0 Å². The number of aromatic nitrogens is 2. The number of nitrogens with zero attached hydrogens (tertiary/aromatic N) is 3. The molecule has 2 heterocycles. The molecule has 4 rings (SSSR count). The molecule has 0 amide bonds. The van der Waals surface area contributed by atoms with Crippen molar-refractivity contribution >= 4 is 28.2 Å². The molecular weight excluding hydrogens is 377 g/mol. The lowest BCUT2D eigenvalue weighted by molar-refractivity contribution is -0.137. The quantitative estimate of drug-likeness (QED) is 0.447. The van der Waals surface area contributed by atoms with Crippen LogP contribution in [0.25, 0.3) is 16.7 Å². The number of fused-ring (bicyclic) bond motifs is 3. The van der Waals surface area contributed by atoms with E-state index in [4.69, 9.17) is 0 Å². The molecule has 7 heteroatoms. The van der Waals surface area contributed by atoms with E-state index in [0.29, 0.717) is 22.6 Å². The van der Waals surface area contributed by atoms with E-state index in [1.54, 1.807) is 34.7 Å². The van der Waals surface area contributed by atoms with Crippen LogP contribution in [0, 0.1) is 11.3 Å². The Balaban J connectivity index is 1.97. The fourth-order valence-electron chi connectivity index (χ4n) is 3.36. The predicted octanol–water partition coefficient (Wildman–Crippen LogP) is 6.24. The second kappa shape index (κ2) is 6.82. The molecule has 0 aliphatic heterocycles. The topological polar surface area (TPSA) is 53.1 Å². The molecule has 2 aromatic carbocycles. The first kappa shape index (κ1) is 18.8. The average Bonchev–Trinajstić information content (AvgIpc) is 3.07. The summed E-state index contributed by atoms with van der Waals surface area (Å²) in [4.78, 5) is 4.30. The van der Waals surface area contributed by atoms with Crippen molar-refractivity contribution in [2.75, 3.05) is 5.32 Å². The van der Waals surface area contributed by atoms with Gasteiger partial charge in [-0.25, -0.2) is 4.98 Å². The van der Waals surface area contributed by atoms with Crippen molar-refractivity contribution in [2.45, 2.75) is 25.9 Å². The van der Waals surface area contributed by atoms with Gasteiger partial charge in [-0.15, -0.1) is 0 Å². The number of rotatable bonds is 3. The van der Waals surface area contributed by atoms with Crippen molar-refractivity contribution in [1.82, 2.24) is 9.38 Å². The van der Waals surface area contributed by atoms with Gasteiger partial charge in [-0.3, -0.25) is 4.40 Å². The molecule has 146 valence electrons. The Bertz CT molecular complexity index is 1250. The monoisotopic (exact) mass is 394 g/mol. The molecule has 0 unspecified atom stereocenters. The normalized spacial score (nSPS) is 11.9. The van der Waals surface area contributed by atoms with Crippen molar-refractivity contribution in [2.24, 2.45) is 0 Å². The average molecular weight is 394 g/mol. The van der Waals surface area contributed by atoms with Crippen LogP contribution in [-0.4, -0.2) is 9.38 Å². The third-order valence-corrected chi connectivity index (χ3v) is 4.84. The van der Waals surface area contributed by atoms with Crippen LogP contribution in [0.15, 0.2) is 54.6 Å². The van der Waals surface area contributed by atoms with Crippen LogP contribution < -0.4 is 5.32 Å². The predicted molar refractivity (Wildman–Crippen MR) is 106 cm³/mol. The number of nitriles is 1. The molecule has 0 radical (unpaired) electrons. The van der Waals surface area contributed by atoms with Crippen LogP contribution in [0.2, 0.25) is 0 Å². The van der Waals surface area contributed by atoms with Crippen molar-refractivity contribution in [3.05, 3.63) is 71.3 Å². The number of para-hydroxylation sites is 2. The maximum atomic E-state index is 13.7. The van der Waals surface area contributed by atoms with E-state index in [0.717, 1.165) is 11.6 Å². The summed E-state index contributed by atoms with van der Waals surface area (Å²) >= 11 is 0. The van der Waals surface area contributed by atoms with Gasteiger partial charge in [0.2, 0.25) is 0 Å². The minimum Gasteiger partial charge on any atom is -0.341 e. The number of benzene rings is 2. The number of halogens is 3. The lowest BCUT2D eigenvalue weighted by Gasteiger charge is -2.16. The first-order chi connectivity index (χ1) is 13.8. The molecule has 0 atom stereocenters. The molecule has 0 saturated heterocycles. The van der Waals surface area contributed by atoms with Crippen molar-refractivity contribution in [3.8, 4) is 6.07 Å². The zero-order chi connectivity index (χ0) is 20.8. The fraction of sp³-hybridized carbons (Fsp3) is 0.182. The highest BCUT2D eigenvalue weighted by molar-refractivity contribution is 5.86. The van der Waals surface area contributed by atoms with Gasteiger partial charge >= 0.3 is 6.18 Å². The van der Waals surface area contributed by atoms with Gasteiger partial charge in [0.05, 0.1) is 16.6 Å². The summed E-state index contributed by atoms with van der Waals surface area (Å²) in [5.74, 6) is 0.539. The van der Waals surface area contributed by atoms with E-state index in [-0.39, 0.29) is 11.5 Å². The molecule has 0 spiro atoms. The van der Waals surface area contributed by atoms with Gasteiger partial charge < -0.3 is 5.32 Å². The van der Waals surface area contributed by atoms with Gasteiger partial charge in [-0.2, -0.15) is 18.4 Å². The summed E-state index contributed by atoms with van der Waals surface area (Å²) in [6, 6.07) is 17.2. The van der Waals surface area contributed by atoms with Crippen LogP contribution >= 0.6 is 0 Å². The molecule has 4 aromatic rings. The second-order valence-corrected chi connectivity index (χ2v) is 7.09. The Hall–Kier alpha value is -3.53. The fourth-order valence-corrected chi connectivity index (χ4v) is 3.36. The first-order valence-electron chi connectivity index (χ1n) is 9.08. The maximum Gasteiger partial charge on any atom is 0.417 e. The van der Waals surface area contributed by atoms with E-state index in [2.05, 4.69) is 24.1 Å². The van der Waals surface area contributed by atoms with Crippen molar-refractivity contribution < 1.29 is 13.2 Å². The molecule has 4 nitrogen and oxygen atoms in total. The number of anilines is 2. The highest BCUT2D eigenvalue weighted by Gasteiger charge is 2.36. The standard InChI is InChI=1S/C22H17F3N4/c1-13(2)14-7-9-15(10-8-14)27-20-11-17(22(23,24)25)16(12-26)21-28-18-5-3-4-6-19(18)29(20)21/h3-11,13,27H,1-2H3. The SMILES string of the molecule is CC(C)c1ccc(Nc2cc(C(F)(F)F)c(C#N)c3nc4ccccc4n23)cc1. The summed E-state index contributed by atoms with van der Waals surface area (Å²) in [5, 5.41) is 12.5. The van der Waals surface area contributed by atoms with E-state index in [1.165, 1.54) is 0 Å². The summed E-state index contributed by atoms with van der Waals surface area (Å²) in [6.45, 7) is 4.14. The van der Waals surface area contributed by atoms with Crippen molar-refractivity contribution in [3.63, 3.8) is 0 Å². The highest BCUT2D eigenvalue weighted by Crippen LogP contribution is 2.37. The third-order valence-electron chi connectivity index (χ3n) is 4.84. The Kier molecular flexibility index (Phi) is 4.42. The molecule has 0 aliphatic carbocycles. The molecule has 0 bridgehead atoms. The molecule has 0 aliphatic rings. The maximum absolute atomic E-state index is 13.7. The zero-order valence-electron chi connectivity index (χ0n) is 15.7. The third kappa shape index (κ3) is 3.27. The summed E-state index contributed by atoms with van der Waals surface area (Å²) in [5.41, 5.74) is 1.38. The minimum absolute atomic E-state index is 0.0233. The summed E-state index contributed by atoms with van der Waals surface area (Å²) in [7, 11) is 0. The van der Waals surface area contributed by atoms with Crippen LogP contribution in [0.5, 0.6) is 0 Å². The van der Waals surface area contributed by atoms with Crippen LogP contribution in [-0.2, 0) is 6.18 Å². The Labute approximate surface area is 165 Å². The molecule has 2 aromatic heterocycles. The smallest absolute Gasteiger partial charge is 0.341 e. The van der Waals surface area contributed by atoms with Gasteiger partial charge in [0.15, 0.2) is 5.65 Å². The molecular formula is C22H17F3N4. The largest absolute Gasteiger partial charge is 0.417 e. The molecule has 29 heavy (non-hydrogen) atoms. The number of hydrogen-bond donors (Lipinski definition) is 1. The lowest BCUT2D eigenvalue weighted by Crippen LogP contribution is -2.12. The van der Waals surface area contributed by atoms with Gasteiger partial charge in [-0.05, 0) is 41.8 Å². The summed E-state index contributed by atoms with van der Waals surface area (Å²) in [6.07, 6.45) is -4.68. The number of imidazole rings is 1. The van der Waals surface area contributed by atoms with Crippen LogP contribution in [0.3, 0.4) is 0 Å². The van der Waals surface area contributed by atoms with Gasteiger partial charge in [-0.1, -0.05) is 38.1 Å². The molecule has 0 fully saturated rings. The Morgan fingerprint density at radius 1 is 1.07 bits per heavy atom. The number of hydrogen-bond acceptors (Lipinski definition) is 3. The Morgan fingerprint density at radius 3 is 2.38 bits per heavy atom. The van der Waals surface area contributed by atoms with E-state index in [9.17, 15) is 18.4 Å². The minimum atomic E-state index is -4.68. The van der Waals surface area contributed by atoms with E-state index in [1.807, 2.05) is 24.3 Å². The number of alkyl halides is 3.